The van der Waals surface area contributed by atoms with Gasteiger partial charge in [0.2, 0.25) is 5.91 Å². The third-order valence-electron chi connectivity index (χ3n) is 5.10. The summed E-state index contributed by atoms with van der Waals surface area (Å²) in [6.07, 6.45) is 5.39. The van der Waals surface area contributed by atoms with Gasteiger partial charge in [0.15, 0.2) is 0 Å². The maximum Gasteiger partial charge on any atom is 0.408 e. The van der Waals surface area contributed by atoms with Gasteiger partial charge in [-0.05, 0) is 36.8 Å². The smallest absolute Gasteiger partial charge is 0.408 e. The van der Waals surface area contributed by atoms with Crippen LogP contribution >= 0.6 is 0 Å². The number of carboxylic acid groups (broad SMARTS) is 1. The zero-order valence-electron chi connectivity index (χ0n) is 13.5. The van der Waals surface area contributed by atoms with Gasteiger partial charge in [0, 0.05) is 6.54 Å². The summed E-state index contributed by atoms with van der Waals surface area (Å²) in [5.74, 6) is 0.435. The Balaban J connectivity index is 1.68. The van der Waals surface area contributed by atoms with E-state index in [1.807, 2.05) is 19.1 Å². The van der Waals surface area contributed by atoms with Crippen LogP contribution < -0.4 is 5.32 Å². The molecule has 3 rings (SSSR count). The summed E-state index contributed by atoms with van der Waals surface area (Å²) < 4.78 is 0. The molecule has 0 bridgehead atoms. The van der Waals surface area contributed by atoms with Crippen molar-refractivity contribution >= 4 is 12.0 Å². The molecule has 2 N–H and O–H groups in total. The van der Waals surface area contributed by atoms with Crippen molar-refractivity contribution in [1.82, 2.24) is 10.2 Å². The molecule has 1 saturated carbocycles. The molecular weight excluding hydrogens is 292 g/mol. The quantitative estimate of drug-likeness (QED) is 0.839. The van der Waals surface area contributed by atoms with E-state index in [9.17, 15) is 14.7 Å². The summed E-state index contributed by atoms with van der Waals surface area (Å²) >= 11 is 0. The van der Waals surface area contributed by atoms with Crippen molar-refractivity contribution in [3.05, 3.63) is 35.4 Å². The summed E-state index contributed by atoms with van der Waals surface area (Å²) in [4.78, 5) is 24.3. The zero-order valence-corrected chi connectivity index (χ0v) is 13.5. The Morgan fingerprint density at radius 3 is 2.39 bits per heavy atom. The molecule has 1 heterocycles. The molecule has 2 aliphatic rings. The van der Waals surface area contributed by atoms with E-state index in [0.29, 0.717) is 5.92 Å². The maximum absolute atomic E-state index is 11.6. The van der Waals surface area contributed by atoms with Crippen LogP contribution in [-0.4, -0.2) is 34.1 Å². The van der Waals surface area contributed by atoms with Gasteiger partial charge in [0.25, 0.3) is 0 Å². The van der Waals surface area contributed by atoms with Crippen molar-refractivity contribution in [3.8, 4) is 0 Å². The van der Waals surface area contributed by atoms with Gasteiger partial charge in [-0.3, -0.25) is 9.69 Å². The van der Waals surface area contributed by atoms with E-state index in [2.05, 4.69) is 17.4 Å². The molecule has 124 valence electrons. The van der Waals surface area contributed by atoms with Gasteiger partial charge in [0.05, 0.1) is 6.04 Å². The molecule has 1 aliphatic carbocycles. The van der Waals surface area contributed by atoms with Gasteiger partial charge in [-0.15, -0.1) is 0 Å². The average molecular weight is 316 g/mol. The Kier molecular flexibility index (Phi) is 4.55. The highest BCUT2D eigenvalue weighted by molar-refractivity contribution is 5.91. The van der Waals surface area contributed by atoms with Crippen molar-refractivity contribution in [2.24, 2.45) is 0 Å². The first kappa shape index (κ1) is 15.8. The molecule has 0 spiro atoms. The van der Waals surface area contributed by atoms with Crippen LogP contribution in [0.4, 0.5) is 4.79 Å². The third-order valence-corrected chi connectivity index (χ3v) is 5.10. The fourth-order valence-electron chi connectivity index (χ4n) is 3.74. The Labute approximate surface area is 136 Å². The lowest BCUT2D eigenvalue weighted by Crippen LogP contribution is -2.68. The van der Waals surface area contributed by atoms with E-state index in [0.717, 1.165) is 5.56 Å². The fraction of sp³-hybridized carbons (Fsp3) is 0.556. The minimum atomic E-state index is -1.05. The number of β-lactam (4-membered cyclic amide) rings is 1. The molecule has 1 aromatic rings. The lowest BCUT2D eigenvalue weighted by Gasteiger charge is -2.40. The number of benzene rings is 1. The second-order valence-electron chi connectivity index (χ2n) is 6.73. The van der Waals surface area contributed by atoms with E-state index in [4.69, 9.17) is 0 Å². The summed E-state index contributed by atoms with van der Waals surface area (Å²) in [7, 11) is 0. The first-order valence-electron chi connectivity index (χ1n) is 8.45. The van der Waals surface area contributed by atoms with Crippen LogP contribution in [0.15, 0.2) is 24.3 Å². The number of carbonyl (C=O) groups is 2. The van der Waals surface area contributed by atoms with E-state index in [1.165, 1.54) is 42.6 Å². The molecule has 2 fully saturated rings. The van der Waals surface area contributed by atoms with Crippen LogP contribution in [0.5, 0.6) is 0 Å². The van der Waals surface area contributed by atoms with Crippen LogP contribution in [0.1, 0.15) is 56.1 Å². The SMILES string of the molecule is C[C@H]1NC(=O)[C@@H]1N(Cc1ccc(C2CCCCC2)cc1)C(=O)O. The van der Waals surface area contributed by atoms with Crippen LogP contribution in [-0.2, 0) is 11.3 Å². The average Bonchev–Trinajstić information content (AvgIpc) is 2.55. The van der Waals surface area contributed by atoms with Crippen molar-refractivity contribution in [2.75, 3.05) is 0 Å². The Hall–Kier alpha value is -2.04. The minimum Gasteiger partial charge on any atom is -0.465 e. The predicted octanol–water partition coefficient (Wildman–Crippen LogP) is 3.10. The molecule has 2 amide bonds. The highest BCUT2D eigenvalue weighted by Gasteiger charge is 2.42. The van der Waals surface area contributed by atoms with E-state index in [-0.39, 0.29) is 18.5 Å². The monoisotopic (exact) mass is 316 g/mol. The maximum atomic E-state index is 11.6. The number of nitrogens with one attached hydrogen (secondary N) is 1. The number of amides is 2. The fourth-order valence-corrected chi connectivity index (χ4v) is 3.74. The molecule has 1 aromatic carbocycles. The van der Waals surface area contributed by atoms with Crippen LogP contribution in [0, 0.1) is 0 Å². The van der Waals surface area contributed by atoms with E-state index >= 15 is 0 Å². The molecule has 0 aromatic heterocycles. The number of hydrogen-bond acceptors (Lipinski definition) is 2. The van der Waals surface area contributed by atoms with Crippen molar-refractivity contribution in [2.45, 2.75) is 63.6 Å². The largest absolute Gasteiger partial charge is 0.465 e. The van der Waals surface area contributed by atoms with Crippen LogP contribution in [0.25, 0.3) is 0 Å². The summed E-state index contributed by atoms with van der Waals surface area (Å²) in [6.45, 7) is 2.08. The first-order valence-corrected chi connectivity index (χ1v) is 8.45. The lowest BCUT2D eigenvalue weighted by atomic mass is 9.84. The summed E-state index contributed by atoms with van der Waals surface area (Å²) in [5, 5.41) is 12.1. The van der Waals surface area contributed by atoms with Gasteiger partial charge in [-0.1, -0.05) is 43.5 Å². The molecule has 0 radical (unpaired) electrons. The molecular formula is C18H24N2O3. The second-order valence-corrected chi connectivity index (χ2v) is 6.73. The summed E-state index contributed by atoms with van der Waals surface area (Å²) in [5.41, 5.74) is 2.28. The van der Waals surface area contributed by atoms with Gasteiger partial charge >= 0.3 is 6.09 Å². The number of hydrogen-bond donors (Lipinski definition) is 2. The van der Waals surface area contributed by atoms with Crippen LogP contribution in [0.2, 0.25) is 0 Å². The number of carbonyl (C=O) groups excluding carboxylic acids is 1. The Morgan fingerprint density at radius 2 is 1.87 bits per heavy atom. The van der Waals surface area contributed by atoms with Gasteiger partial charge < -0.3 is 10.4 Å². The predicted molar refractivity (Wildman–Crippen MR) is 87.2 cm³/mol. The standard InChI is InChI=1S/C18H24N2O3/c1-12-16(17(21)19-12)20(18(22)23)11-13-7-9-15(10-8-13)14-5-3-2-4-6-14/h7-10,12,14,16H,2-6,11H2,1H3,(H,19,21)(H,22,23)/t12-,16-/m1/s1. The Bertz CT molecular complexity index is 578. The van der Waals surface area contributed by atoms with E-state index in [1.54, 1.807) is 0 Å². The third kappa shape index (κ3) is 3.33. The van der Waals surface area contributed by atoms with Gasteiger partial charge in [-0.25, -0.2) is 4.79 Å². The topological polar surface area (TPSA) is 69.6 Å². The molecule has 5 heteroatoms. The minimum absolute atomic E-state index is 0.125. The molecule has 1 aliphatic heterocycles. The molecule has 0 unspecified atom stereocenters. The highest BCUT2D eigenvalue weighted by atomic mass is 16.4. The van der Waals surface area contributed by atoms with Gasteiger partial charge in [-0.2, -0.15) is 0 Å². The van der Waals surface area contributed by atoms with Gasteiger partial charge in [0.1, 0.15) is 6.04 Å². The first-order chi connectivity index (χ1) is 11.1. The second kappa shape index (κ2) is 6.60. The lowest BCUT2D eigenvalue weighted by molar-refractivity contribution is -0.136. The molecule has 1 saturated heterocycles. The summed E-state index contributed by atoms with van der Waals surface area (Å²) in [6, 6.07) is 7.54. The molecule has 5 nitrogen and oxygen atoms in total. The number of nitrogens with zero attached hydrogens (tertiary/aromatic N) is 1. The molecule has 23 heavy (non-hydrogen) atoms. The van der Waals surface area contributed by atoms with Crippen molar-refractivity contribution < 1.29 is 14.7 Å². The van der Waals surface area contributed by atoms with Crippen molar-refractivity contribution in [1.29, 1.82) is 0 Å². The zero-order chi connectivity index (χ0) is 16.4. The highest BCUT2D eigenvalue weighted by Crippen LogP contribution is 2.32. The Morgan fingerprint density at radius 1 is 1.22 bits per heavy atom. The number of rotatable bonds is 4. The normalized spacial score (nSPS) is 24.7. The van der Waals surface area contributed by atoms with Crippen LogP contribution in [0.3, 0.4) is 0 Å². The molecule has 2 atom stereocenters. The van der Waals surface area contributed by atoms with E-state index < -0.39 is 12.1 Å². The van der Waals surface area contributed by atoms with Crippen molar-refractivity contribution in [3.63, 3.8) is 0 Å².